The van der Waals surface area contributed by atoms with Crippen molar-refractivity contribution in [1.82, 2.24) is 20.9 Å². The molecule has 0 saturated carbocycles. The molecular weight excluding hydrogens is 396 g/mol. The molecule has 3 amide bonds. The van der Waals surface area contributed by atoms with E-state index in [1.165, 1.54) is 19.3 Å². The fourth-order valence-corrected chi connectivity index (χ4v) is 2.83. The number of amides is 3. The van der Waals surface area contributed by atoms with Crippen LogP contribution in [0, 0.1) is 5.92 Å². The zero-order valence-electron chi connectivity index (χ0n) is 17.9. The molecule has 0 unspecified atom stereocenters. The highest BCUT2D eigenvalue weighted by atomic mass is 16.2. The first kappa shape index (κ1) is 23.7. The van der Waals surface area contributed by atoms with E-state index >= 15 is 0 Å². The van der Waals surface area contributed by atoms with Crippen molar-refractivity contribution in [2.45, 2.75) is 45.3 Å². The Morgan fingerprint density at radius 2 is 1.58 bits per heavy atom. The smallest absolute Gasteiger partial charge is 0.252 e. The Balaban J connectivity index is 0. The van der Waals surface area contributed by atoms with Crippen LogP contribution >= 0.6 is 0 Å². The quantitative estimate of drug-likeness (QED) is 0.499. The monoisotopic (exact) mass is 430 g/mol. The van der Waals surface area contributed by atoms with Gasteiger partial charge in [0, 0.05) is 28.7 Å². The number of carbonyl (C=O) groups is 4. The van der Waals surface area contributed by atoms with Gasteiger partial charge >= 0.3 is 0 Å². The van der Waals surface area contributed by atoms with Gasteiger partial charge < -0.3 is 20.7 Å². The summed E-state index contributed by atoms with van der Waals surface area (Å²) in [4.78, 5) is 52.9. The van der Waals surface area contributed by atoms with Crippen LogP contribution in [0.25, 0.3) is 0 Å². The molecule has 1 aromatic carbocycles. The summed E-state index contributed by atoms with van der Waals surface area (Å²) in [6.07, 6.45) is 3.91. The molecule has 170 valence electrons. The van der Waals surface area contributed by atoms with Crippen molar-refractivity contribution in [3.63, 3.8) is 0 Å². The van der Waals surface area contributed by atoms with Crippen molar-refractivity contribution in [1.29, 1.82) is 0 Å². The van der Waals surface area contributed by atoms with Crippen molar-refractivity contribution in [2.75, 3.05) is 0 Å². The largest absolute Gasteiger partial charge is 0.345 e. The summed E-state index contributed by atoms with van der Waals surface area (Å²) in [5.74, 6) is -1.47. The number of hydrogen-bond acceptors (Lipinski definition) is 5. The van der Waals surface area contributed by atoms with Crippen LogP contribution in [0.3, 0.4) is 0 Å². The molecule has 2 aromatic rings. The molecule has 0 aliphatic carbocycles. The van der Waals surface area contributed by atoms with Gasteiger partial charge in [0.25, 0.3) is 5.91 Å². The van der Waals surface area contributed by atoms with Crippen molar-refractivity contribution in [3.05, 3.63) is 66.0 Å². The van der Waals surface area contributed by atoms with E-state index in [0.29, 0.717) is 11.8 Å². The number of nitrogens with one attached hydrogen (secondary N) is 3. The molecule has 1 heterocycles. The number of carbonyl (C=O) groups excluding carboxylic acids is 4. The highest BCUT2D eigenvalue weighted by Crippen LogP contribution is 2.06. The standard InChI is InChI=1S/C23H28N4O4.3H2/c1-15(2)20(14-28)27-21(29)16(3)25-23(31)19(13-17-7-5-4-6-8-17)26-22(30)18-9-11-24-12-10-18;;;/h4-12,14-16,19-20H,13H2,1-3H3,(H,25,31)(H,26,30)(H,27,29);3*1H/t16-,19+,20+;;;/m0.../s1. The van der Waals surface area contributed by atoms with Crippen LogP contribution in [0.5, 0.6) is 0 Å². The third kappa shape index (κ3) is 7.33. The predicted octanol–water partition coefficient (Wildman–Crippen LogP) is 2.01. The zero-order chi connectivity index (χ0) is 22.8. The molecular formula is C23H34N4O4. The van der Waals surface area contributed by atoms with Crippen molar-refractivity contribution in [3.8, 4) is 0 Å². The summed E-state index contributed by atoms with van der Waals surface area (Å²) in [6, 6.07) is 9.93. The van der Waals surface area contributed by atoms with Gasteiger partial charge in [-0.2, -0.15) is 0 Å². The van der Waals surface area contributed by atoms with E-state index in [4.69, 9.17) is 0 Å². The fraction of sp³-hybridized carbons (Fsp3) is 0.348. The first-order chi connectivity index (χ1) is 14.8. The van der Waals surface area contributed by atoms with Gasteiger partial charge in [-0.1, -0.05) is 44.2 Å². The molecule has 3 atom stereocenters. The maximum absolute atomic E-state index is 12.9. The minimum absolute atomic E-state index is 0. The molecule has 3 N–H and O–H groups in total. The number of rotatable bonds is 10. The lowest BCUT2D eigenvalue weighted by molar-refractivity contribution is -0.130. The number of benzene rings is 1. The minimum atomic E-state index is -0.898. The van der Waals surface area contributed by atoms with Gasteiger partial charge in [-0.05, 0) is 30.5 Å². The van der Waals surface area contributed by atoms with E-state index in [0.717, 1.165) is 5.56 Å². The van der Waals surface area contributed by atoms with Crippen molar-refractivity contribution < 1.29 is 23.5 Å². The molecule has 0 saturated heterocycles. The Labute approximate surface area is 186 Å². The number of aldehydes is 1. The number of hydrogen-bond donors (Lipinski definition) is 3. The molecule has 8 nitrogen and oxygen atoms in total. The van der Waals surface area contributed by atoms with Crippen LogP contribution in [-0.2, 0) is 20.8 Å². The van der Waals surface area contributed by atoms with Crippen LogP contribution in [0.4, 0.5) is 0 Å². The Morgan fingerprint density at radius 3 is 2.16 bits per heavy atom. The van der Waals surface area contributed by atoms with Crippen LogP contribution < -0.4 is 16.0 Å². The Hall–Kier alpha value is -3.55. The third-order valence-corrected chi connectivity index (χ3v) is 4.77. The van der Waals surface area contributed by atoms with Gasteiger partial charge in [-0.15, -0.1) is 0 Å². The Morgan fingerprint density at radius 1 is 0.935 bits per heavy atom. The molecule has 0 aliphatic rings. The van der Waals surface area contributed by atoms with Gasteiger partial charge in [0.1, 0.15) is 18.4 Å². The molecule has 0 spiro atoms. The molecule has 1 aromatic heterocycles. The summed E-state index contributed by atoms with van der Waals surface area (Å²) in [5, 5.41) is 7.97. The first-order valence-electron chi connectivity index (χ1n) is 10.1. The molecule has 8 heteroatoms. The average Bonchev–Trinajstić information content (AvgIpc) is 2.77. The lowest BCUT2D eigenvalue weighted by Crippen LogP contribution is -2.55. The molecule has 2 rings (SSSR count). The normalized spacial score (nSPS) is 13.5. The summed E-state index contributed by atoms with van der Waals surface area (Å²) in [7, 11) is 0. The maximum Gasteiger partial charge on any atom is 0.252 e. The van der Waals surface area contributed by atoms with E-state index < -0.39 is 35.8 Å². The minimum Gasteiger partial charge on any atom is -0.345 e. The molecule has 31 heavy (non-hydrogen) atoms. The van der Waals surface area contributed by atoms with Crippen LogP contribution in [0.2, 0.25) is 0 Å². The second-order valence-corrected chi connectivity index (χ2v) is 7.60. The van der Waals surface area contributed by atoms with Gasteiger partial charge in [0.2, 0.25) is 11.8 Å². The molecule has 0 radical (unpaired) electrons. The number of aromatic nitrogens is 1. The van der Waals surface area contributed by atoms with Gasteiger partial charge in [0.05, 0.1) is 6.04 Å². The Kier molecular flexibility index (Phi) is 8.87. The van der Waals surface area contributed by atoms with E-state index in [-0.39, 0.29) is 16.6 Å². The lowest BCUT2D eigenvalue weighted by Gasteiger charge is -2.23. The Bertz CT molecular complexity index is 902. The van der Waals surface area contributed by atoms with Crippen molar-refractivity contribution >= 4 is 24.0 Å². The van der Waals surface area contributed by atoms with E-state index in [9.17, 15) is 19.2 Å². The molecule has 0 bridgehead atoms. The van der Waals surface area contributed by atoms with Gasteiger partial charge in [-0.3, -0.25) is 19.4 Å². The van der Waals surface area contributed by atoms with Crippen LogP contribution in [-0.4, -0.2) is 47.1 Å². The summed E-state index contributed by atoms with van der Waals surface area (Å²) in [5.41, 5.74) is 1.23. The van der Waals surface area contributed by atoms with E-state index in [1.807, 2.05) is 44.2 Å². The zero-order valence-corrected chi connectivity index (χ0v) is 17.9. The van der Waals surface area contributed by atoms with Gasteiger partial charge in [0.15, 0.2) is 0 Å². The predicted molar refractivity (Wildman–Crippen MR) is 122 cm³/mol. The average molecular weight is 431 g/mol. The molecule has 0 aliphatic heterocycles. The van der Waals surface area contributed by atoms with Crippen molar-refractivity contribution in [2.24, 2.45) is 5.92 Å². The van der Waals surface area contributed by atoms with Gasteiger partial charge in [-0.25, -0.2) is 0 Å². The number of nitrogens with zero attached hydrogens (tertiary/aromatic N) is 1. The second kappa shape index (κ2) is 11.6. The highest BCUT2D eigenvalue weighted by molar-refractivity contribution is 5.98. The second-order valence-electron chi connectivity index (χ2n) is 7.60. The topological polar surface area (TPSA) is 117 Å². The third-order valence-electron chi connectivity index (χ3n) is 4.77. The summed E-state index contributed by atoms with van der Waals surface area (Å²) >= 11 is 0. The summed E-state index contributed by atoms with van der Waals surface area (Å²) < 4.78 is 0. The highest BCUT2D eigenvalue weighted by Gasteiger charge is 2.26. The maximum atomic E-state index is 12.9. The van der Waals surface area contributed by atoms with Crippen LogP contribution in [0.15, 0.2) is 54.9 Å². The first-order valence-corrected chi connectivity index (χ1v) is 10.1. The van der Waals surface area contributed by atoms with E-state index in [1.54, 1.807) is 12.1 Å². The van der Waals surface area contributed by atoms with Crippen LogP contribution in [0.1, 0.15) is 41.0 Å². The number of pyridine rings is 1. The summed E-state index contributed by atoms with van der Waals surface area (Å²) in [6.45, 7) is 5.15. The SMILES string of the molecule is CC(C)[C@@H](C=O)NC(=O)[C@H](C)NC(=O)[C@@H](Cc1ccccc1)NC(=O)c1ccncc1.[HH].[HH].[HH]. The van der Waals surface area contributed by atoms with E-state index in [2.05, 4.69) is 20.9 Å². The lowest BCUT2D eigenvalue weighted by atomic mass is 10.0. The fourth-order valence-electron chi connectivity index (χ4n) is 2.83. The molecule has 0 fully saturated rings.